The molecule has 0 saturated heterocycles. The molecule has 0 spiro atoms. The lowest BCUT2D eigenvalue weighted by molar-refractivity contribution is -0.143. The zero-order chi connectivity index (χ0) is 52.3. The summed E-state index contributed by atoms with van der Waals surface area (Å²) in [6, 6.07) is -1.14. The number of carboxylic acid groups (broad SMARTS) is 3. The van der Waals surface area contributed by atoms with Crippen LogP contribution in [0, 0.1) is 29.6 Å². The fraction of sp³-hybridized carbons (Fsp3) is 0.750. The Morgan fingerprint density at radius 1 is 0.657 bits per heavy atom. The molecule has 1 heterocycles. The Bertz CT molecular complexity index is 1840. The van der Waals surface area contributed by atoms with E-state index in [9.17, 15) is 58.8 Å². The van der Waals surface area contributed by atoms with Crippen LogP contribution in [-0.4, -0.2) is 149 Å². The summed E-state index contributed by atoms with van der Waals surface area (Å²) in [7, 11) is 0. The van der Waals surface area contributed by atoms with Crippen LogP contribution < -0.4 is 26.6 Å². The summed E-state index contributed by atoms with van der Waals surface area (Å²) < 4.78 is 17.8. The number of aromatic hydroxyl groups is 2. The van der Waals surface area contributed by atoms with Crippen molar-refractivity contribution in [1.29, 1.82) is 0 Å². The van der Waals surface area contributed by atoms with Gasteiger partial charge >= 0.3 is 17.9 Å². The van der Waals surface area contributed by atoms with Gasteiger partial charge in [0.25, 0.3) is 0 Å². The Hall–Kier alpha value is -5.48. The quantitative estimate of drug-likeness (QED) is 0.0429. The number of nitrogens with zero attached hydrogens (tertiary/aromatic N) is 1. The van der Waals surface area contributed by atoms with Crippen molar-refractivity contribution in [3.8, 4) is 11.8 Å². The number of hydrogen-bond donors (Lipinski definition) is 10. The van der Waals surface area contributed by atoms with E-state index < -0.39 is 60.1 Å². The van der Waals surface area contributed by atoms with E-state index in [-0.39, 0.29) is 98.7 Å². The van der Waals surface area contributed by atoms with Gasteiger partial charge < -0.3 is 66.3 Å². The number of rotatable bonds is 37. The summed E-state index contributed by atoms with van der Waals surface area (Å²) in [5.74, 6) is -5.86. The number of hydrogen-bond acceptors (Lipinski definition) is 13. The van der Waals surface area contributed by atoms with E-state index in [2.05, 4.69) is 26.6 Å². The van der Waals surface area contributed by atoms with Crippen molar-refractivity contribution in [3.63, 3.8) is 0 Å². The topological polar surface area (TPSA) is 330 Å². The number of aromatic nitrogens is 1. The second-order valence-corrected chi connectivity index (χ2v) is 19.7. The first-order valence-corrected chi connectivity index (χ1v) is 24.4. The average Bonchev–Trinajstić information content (AvgIpc) is 3.53. The molecule has 22 nitrogen and oxygen atoms in total. The van der Waals surface area contributed by atoms with Gasteiger partial charge in [-0.2, -0.15) is 0 Å². The van der Waals surface area contributed by atoms with Crippen LogP contribution in [0.2, 0.25) is 0 Å². The average molecular weight is 997 g/mol. The van der Waals surface area contributed by atoms with Gasteiger partial charge in [0.2, 0.25) is 29.5 Å². The maximum absolute atomic E-state index is 13.1. The summed E-state index contributed by atoms with van der Waals surface area (Å²) in [4.78, 5) is 98.2. The zero-order valence-electron chi connectivity index (χ0n) is 41.7. The molecule has 1 saturated carbocycles. The third kappa shape index (κ3) is 25.9. The molecule has 2 rings (SSSR count). The standard InChI is InChI=1S/C48H80N6O16/c1-32-28-40(58)54(45(32)65)21-16-37(55)49-19-6-22-68-24-26-70-27-25-69-23-7-20-50-44(64)35(13-15-41(59)60)52-38(56)14-12-36(46(66)67)53-43(63)34-10-8-33(9-11-34)31-51-39(57)29-47(2,3)17-18-48(4,5)30-42(61)62/h28,33-36,58,65H,6-27,29-31H2,1-5H3,(H,49,55)(H,50,64)(H,51,57)(H,52,56)(H,53,63)(H,59,60)(H,61,62)(H,66,67). The van der Waals surface area contributed by atoms with Crippen LogP contribution in [0.1, 0.15) is 130 Å². The molecule has 1 aromatic heterocycles. The molecule has 1 aromatic rings. The lowest BCUT2D eigenvalue weighted by Crippen LogP contribution is -2.48. The molecule has 1 aliphatic carbocycles. The molecule has 398 valence electrons. The normalized spacial score (nSPS) is 15.8. The van der Waals surface area contributed by atoms with Crippen molar-refractivity contribution in [2.24, 2.45) is 22.7 Å². The highest BCUT2D eigenvalue weighted by atomic mass is 16.5. The summed E-state index contributed by atoms with van der Waals surface area (Å²) in [6.45, 7) is 12.6. The predicted octanol–water partition coefficient (Wildman–Crippen LogP) is 2.98. The Balaban J connectivity index is 1.60. The molecule has 0 bridgehead atoms. The Kier molecular flexibility index (Phi) is 27.4. The molecule has 0 aromatic carbocycles. The van der Waals surface area contributed by atoms with E-state index >= 15 is 0 Å². The lowest BCUT2D eigenvalue weighted by atomic mass is 9.76. The Morgan fingerprint density at radius 2 is 1.21 bits per heavy atom. The number of carbonyl (C=O) groups is 8. The van der Waals surface area contributed by atoms with Gasteiger partial charge in [-0.3, -0.25) is 38.1 Å². The minimum atomic E-state index is -1.37. The number of aliphatic carboxylic acids is 3. The van der Waals surface area contributed by atoms with Crippen molar-refractivity contribution in [3.05, 3.63) is 11.6 Å². The van der Waals surface area contributed by atoms with Gasteiger partial charge in [-0.15, -0.1) is 0 Å². The first kappa shape index (κ1) is 60.6. The van der Waals surface area contributed by atoms with Crippen molar-refractivity contribution in [2.75, 3.05) is 59.3 Å². The van der Waals surface area contributed by atoms with Crippen LogP contribution in [0.25, 0.3) is 0 Å². The molecule has 22 heteroatoms. The minimum absolute atomic E-state index is 0.0555. The molecular weight excluding hydrogens is 917 g/mol. The van der Waals surface area contributed by atoms with Gasteiger partial charge in [-0.25, -0.2) is 4.79 Å². The Labute approximate surface area is 410 Å². The van der Waals surface area contributed by atoms with Crippen LogP contribution in [0.5, 0.6) is 11.8 Å². The number of nitrogens with one attached hydrogen (secondary N) is 5. The van der Waals surface area contributed by atoms with Gasteiger partial charge in [0, 0.05) is 82.6 Å². The number of amides is 5. The molecule has 2 atom stereocenters. The molecule has 10 N–H and O–H groups in total. The summed E-state index contributed by atoms with van der Waals surface area (Å²) in [5, 5.41) is 61.4. The second-order valence-electron chi connectivity index (χ2n) is 19.7. The first-order chi connectivity index (χ1) is 33.0. The van der Waals surface area contributed by atoms with E-state index in [1.807, 2.05) is 27.7 Å². The van der Waals surface area contributed by atoms with Crippen LogP contribution in [0.15, 0.2) is 6.07 Å². The summed E-state index contributed by atoms with van der Waals surface area (Å²) in [6.07, 6.45) is 3.89. The van der Waals surface area contributed by atoms with Crippen LogP contribution in [-0.2, 0) is 59.1 Å². The van der Waals surface area contributed by atoms with Crippen LogP contribution in [0.4, 0.5) is 0 Å². The molecule has 5 amide bonds. The lowest BCUT2D eigenvalue weighted by Gasteiger charge is -2.31. The first-order valence-electron chi connectivity index (χ1n) is 24.4. The second kappa shape index (κ2) is 31.7. The summed E-state index contributed by atoms with van der Waals surface area (Å²) >= 11 is 0. The third-order valence-electron chi connectivity index (χ3n) is 12.2. The highest BCUT2D eigenvalue weighted by Crippen LogP contribution is 2.35. The van der Waals surface area contributed by atoms with Gasteiger partial charge in [0.05, 0.1) is 32.8 Å². The van der Waals surface area contributed by atoms with Gasteiger partial charge in [-0.1, -0.05) is 27.7 Å². The predicted molar refractivity (Wildman–Crippen MR) is 255 cm³/mol. The minimum Gasteiger partial charge on any atom is -0.494 e. The fourth-order valence-electron chi connectivity index (χ4n) is 7.91. The molecule has 0 radical (unpaired) electrons. The molecule has 0 aliphatic heterocycles. The van der Waals surface area contributed by atoms with Crippen molar-refractivity contribution < 1.29 is 78.1 Å². The van der Waals surface area contributed by atoms with E-state index in [4.69, 9.17) is 19.3 Å². The third-order valence-corrected chi connectivity index (χ3v) is 12.2. The number of carboxylic acids is 3. The maximum atomic E-state index is 13.1. The molecule has 2 unspecified atom stereocenters. The fourth-order valence-corrected chi connectivity index (χ4v) is 7.91. The zero-order valence-corrected chi connectivity index (χ0v) is 41.7. The molecule has 1 fully saturated rings. The molecular formula is C48H80N6O16. The van der Waals surface area contributed by atoms with E-state index in [0.717, 1.165) is 0 Å². The maximum Gasteiger partial charge on any atom is 0.326 e. The van der Waals surface area contributed by atoms with E-state index in [1.54, 1.807) is 6.92 Å². The molecule has 70 heavy (non-hydrogen) atoms. The van der Waals surface area contributed by atoms with Crippen molar-refractivity contribution in [2.45, 2.75) is 150 Å². The SMILES string of the molecule is Cc1cc(O)n(CCC(=O)NCCCOCCOCCOCCCNC(=O)C(CCC(=O)O)NC(=O)CCC(NC(=O)C2CCC(CNC(=O)CC(C)(C)CCC(C)(C)CC(=O)O)CC2)C(=O)O)c1O. The monoisotopic (exact) mass is 997 g/mol. The van der Waals surface area contributed by atoms with E-state index in [0.29, 0.717) is 103 Å². The van der Waals surface area contributed by atoms with Crippen molar-refractivity contribution in [1.82, 2.24) is 31.2 Å². The number of aryl methyl sites for hydroxylation is 1. The largest absolute Gasteiger partial charge is 0.494 e. The van der Waals surface area contributed by atoms with Gasteiger partial charge in [-0.05, 0) is 87.9 Å². The Morgan fingerprint density at radius 3 is 1.76 bits per heavy atom. The highest BCUT2D eigenvalue weighted by Gasteiger charge is 2.32. The van der Waals surface area contributed by atoms with Crippen LogP contribution >= 0.6 is 0 Å². The summed E-state index contributed by atoms with van der Waals surface area (Å²) in [5.41, 5.74) is -0.170. The smallest absolute Gasteiger partial charge is 0.326 e. The van der Waals surface area contributed by atoms with E-state index in [1.165, 1.54) is 10.6 Å². The number of ether oxygens (including phenoxy) is 3. The van der Waals surface area contributed by atoms with Crippen molar-refractivity contribution >= 4 is 47.4 Å². The van der Waals surface area contributed by atoms with Gasteiger partial charge in [0.1, 0.15) is 12.1 Å². The van der Waals surface area contributed by atoms with Gasteiger partial charge in [0.15, 0.2) is 11.8 Å². The van der Waals surface area contributed by atoms with Crippen LogP contribution in [0.3, 0.4) is 0 Å². The highest BCUT2D eigenvalue weighted by molar-refractivity contribution is 5.89. The number of carbonyl (C=O) groups excluding carboxylic acids is 5. The molecule has 1 aliphatic rings.